The number of nitrogens with two attached hydrogens (primary N) is 1. The van der Waals surface area contributed by atoms with Gasteiger partial charge in [-0.25, -0.2) is 0 Å². The van der Waals surface area contributed by atoms with Gasteiger partial charge < -0.3 is 5.73 Å². The largest absolute Gasteiger partial charge is 0.324 e. The topological polar surface area (TPSA) is 26.0 Å². The Morgan fingerprint density at radius 3 is 2.44 bits per heavy atom. The fourth-order valence-corrected chi connectivity index (χ4v) is 3.13. The molecule has 2 N–H and O–H groups in total. The molecule has 0 aliphatic carbocycles. The average molecular weight is 239 g/mol. The van der Waals surface area contributed by atoms with Crippen LogP contribution in [0.1, 0.15) is 57.0 Å². The molecule has 1 nitrogen and oxygen atoms in total. The maximum atomic E-state index is 6.23. The number of hydrogen-bond acceptors (Lipinski definition) is 2. The second-order valence-electron chi connectivity index (χ2n) is 6.20. The minimum atomic E-state index is 0.210. The maximum Gasteiger partial charge on any atom is 0.0305 e. The molecular formula is C14H25NS. The van der Waals surface area contributed by atoms with Crippen molar-refractivity contribution in [2.24, 2.45) is 17.1 Å². The van der Waals surface area contributed by atoms with Crippen LogP contribution in [0, 0.1) is 18.3 Å². The third-order valence-corrected chi connectivity index (χ3v) is 3.68. The molecule has 1 aromatic heterocycles. The van der Waals surface area contributed by atoms with Crippen LogP contribution < -0.4 is 5.73 Å². The lowest BCUT2D eigenvalue weighted by molar-refractivity contribution is 0.286. The lowest BCUT2D eigenvalue weighted by Gasteiger charge is -2.25. The summed E-state index contributed by atoms with van der Waals surface area (Å²) in [6, 6.07) is 2.43. The van der Waals surface area contributed by atoms with E-state index in [9.17, 15) is 0 Å². The Bertz CT molecular complexity index is 322. The standard InChI is InChI=1S/C14H25NS/c1-10(8-14(3,4)5)6-13(15)12-7-11(2)16-9-12/h7,9-10,13H,6,8,15H2,1-5H3. The fourth-order valence-electron chi connectivity index (χ4n) is 2.36. The van der Waals surface area contributed by atoms with E-state index in [2.05, 4.69) is 46.1 Å². The van der Waals surface area contributed by atoms with Crippen LogP contribution in [-0.4, -0.2) is 0 Å². The summed E-state index contributed by atoms with van der Waals surface area (Å²) >= 11 is 1.79. The van der Waals surface area contributed by atoms with Gasteiger partial charge in [-0.1, -0.05) is 27.7 Å². The van der Waals surface area contributed by atoms with Crippen molar-refractivity contribution < 1.29 is 0 Å². The predicted octanol–water partition coefficient (Wildman–Crippen LogP) is 4.52. The first-order valence-corrected chi connectivity index (χ1v) is 6.96. The highest BCUT2D eigenvalue weighted by atomic mass is 32.1. The molecule has 0 amide bonds. The SMILES string of the molecule is Cc1cc(C(N)CC(C)CC(C)(C)C)cs1. The predicted molar refractivity (Wildman–Crippen MR) is 73.8 cm³/mol. The Morgan fingerprint density at radius 2 is 2.00 bits per heavy atom. The Kier molecular flexibility index (Phi) is 4.57. The van der Waals surface area contributed by atoms with Crippen molar-refractivity contribution in [3.05, 3.63) is 21.9 Å². The van der Waals surface area contributed by atoms with Gasteiger partial charge in [-0.2, -0.15) is 0 Å². The Balaban J connectivity index is 2.48. The Morgan fingerprint density at radius 1 is 1.38 bits per heavy atom. The van der Waals surface area contributed by atoms with Gasteiger partial charge in [0.1, 0.15) is 0 Å². The van der Waals surface area contributed by atoms with Crippen molar-refractivity contribution in [3.8, 4) is 0 Å². The van der Waals surface area contributed by atoms with Gasteiger partial charge >= 0.3 is 0 Å². The van der Waals surface area contributed by atoms with E-state index >= 15 is 0 Å². The summed E-state index contributed by atoms with van der Waals surface area (Å²) in [7, 11) is 0. The normalized spacial score (nSPS) is 16.1. The lowest BCUT2D eigenvalue weighted by atomic mass is 9.82. The van der Waals surface area contributed by atoms with Crippen LogP contribution in [0.5, 0.6) is 0 Å². The van der Waals surface area contributed by atoms with Gasteiger partial charge in [0.2, 0.25) is 0 Å². The molecule has 16 heavy (non-hydrogen) atoms. The molecule has 0 aliphatic heterocycles. The van der Waals surface area contributed by atoms with Crippen LogP contribution in [0.25, 0.3) is 0 Å². The lowest BCUT2D eigenvalue weighted by Crippen LogP contribution is -2.17. The quantitative estimate of drug-likeness (QED) is 0.821. The van der Waals surface area contributed by atoms with E-state index in [0.29, 0.717) is 11.3 Å². The highest BCUT2D eigenvalue weighted by Crippen LogP contribution is 2.30. The van der Waals surface area contributed by atoms with Crippen LogP contribution >= 0.6 is 11.3 Å². The Labute approximate surface area is 104 Å². The molecule has 0 saturated carbocycles. The molecule has 2 unspecified atom stereocenters. The van der Waals surface area contributed by atoms with Crippen LogP contribution in [0.4, 0.5) is 0 Å². The Hall–Kier alpha value is -0.340. The zero-order chi connectivity index (χ0) is 12.3. The second kappa shape index (κ2) is 5.33. The first kappa shape index (κ1) is 13.7. The fraction of sp³-hybridized carbons (Fsp3) is 0.714. The van der Waals surface area contributed by atoms with Gasteiger partial charge in [-0.3, -0.25) is 0 Å². The van der Waals surface area contributed by atoms with E-state index in [1.54, 1.807) is 11.3 Å². The molecule has 0 aromatic carbocycles. The molecule has 2 heteroatoms. The molecule has 0 fully saturated rings. The van der Waals surface area contributed by atoms with Crippen molar-refractivity contribution in [3.63, 3.8) is 0 Å². The van der Waals surface area contributed by atoms with Gasteiger partial charge in [-0.15, -0.1) is 11.3 Å². The minimum absolute atomic E-state index is 0.210. The third-order valence-electron chi connectivity index (χ3n) is 2.80. The first-order valence-electron chi connectivity index (χ1n) is 6.08. The van der Waals surface area contributed by atoms with E-state index in [1.165, 1.54) is 16.9 Å². The smallest absolute Gasteiger partial charge is 0.0305 e. The van der Waals surface area contributed by atoms with Crippen molar-refractivity contribution in [2.45, 2.75) is 53.5 Å². The number of rotatable bonds is 4. The molecule has 0 spiro atoms. The maximum absolute atomic E-state index is 6.23. The monoisotopic (exact) mass is 239 g/mol. The average Bonchev–Trinajstić information content (AvgIpc) is 2.47. The third kappa shape index (κ3) is 4.67. The van der Waals surface area contributed by atoms with E-state index in [4.69, 9.17) is 5.73 Å². The van der Waals surface area contributed by atoms with Crippen molar-refractivity contribution in [1.29, 1.82) is 0 Å². The van der Waals surface area contributed by atoms with Crippen molar-refractivity contribution in [1.82, 2.24) is 0 Å². The minimum Gasteiger partial charge on any atom is -0.324 e. The highest BCUT2D eigenvalue weighted by molar-refractivity contribution is 7.10. The van der Waals surface area contributed by atoms with E-state index in [1.807, 2.05) is 0 Å². The summed E-state index contributed by atoms with van der Waals surface area (Å²) in [6.07, 6.45) is 2.33. The molecule has 1 heterocycles. The molecule has 2 atom stereocenters. The van der Waals surface area contributed by atoms with Gasteiger partial charge in [0, 0.05) is 10.9 Å². The molecule has 0 bridgehead atoms. The van der Waals surface area contributed by atoms with Crippen LogP contribution in [-0.2, 0) is 0 Å². The summed E-state index contributed by atoms with van der Waals surface area (Å²) in [5, 5.41) is 2.20. The molecule has 1 rings (SSSR count). The van der Waals surface area contributed by atoms with E-state index < -0.39 is 0 Å². The van der Waals surface area contributed by atoms with Crippen LogP contribution in [0.3, 0.4) is 0 Å². The summed E-state index contributed by atoms with van der Waals surface area (Å²) in [5.41, 5.74) is 7.95. The molecule has 0 saturated heterocycles. The molecule has 1 aromatic rings. The van der Waals surface area contributed by atoms with Crippen LogP contribution in [0.2, 0.25) is 0 Å². The zero-order valence-electron chi connectivity index (χ0n) is 11.2. The first-order chi connectivity index (χ1) is 7.28. The summed E-state index contributed by atoms with van der Waals surface area (Å²) < 4.78 is 0. The zero-order valence-corrected chi connectivity index (χ0v) is 12.0. The molecule has 0 aliphatic rings. The van der Waals surface area contributed by atoms with Crippen molar-refractivity contribution in [2.75, 3.05) is 0 Å². The van der Waals surface area contributed by atoms with Gasteiger partial charge in [0.25, 0.3) is 0 Å². The second-order valence-corrected chi connectivity index (χ2v) is 7.32. The van der Waals surface area contributed by atoms with E-state index in [0.717, 1.165) is 6.42 Å². The van der Waals surface area contributed by atoms with Gasteiger partial charge in [0.15, 0.2) is 0 Å². The van der Waals surface area contributed by atoms with E-state index in [-0.39, 0.29) is 6.04 Å². The summed E-state index contributed by atoms with van der Waals surface area (Å²) in [6.45, 7) is 11.3. The highest BCUT2D eigenvalue weighted by Gasteiger charge is 2.18. The molecule has 92 valence electrons. The van der Waals surface area contributed by atoms with Gasteiger partial charge in [-0.05, 0) is 48.1 Å². The molecule has 0 radical (unpaired) electrons. The summed E-state index contributed by atoms with van der Waals surface area (Å²) in [5.74, 6) is 0.690. The number of thiophene rings is 1. The van der Waals surface area contributed by atoms with Crippen LogP contribution in [0.15, 0.2) is 11.4 Å². The van der Waals surface area contributed by atoms with Crippen molar-refractivity contribution >= 4 is 11.3 Å². The number of hydrogen-bond donors (Lipinski definition) is 1. The van der Waals surface area contributed by atoms with Gasteiger partial charge in [0.05, 0.1) is 0 Å². The number of aryl methyl sites for hydroxylation is 1. The summed E-state index contributed by atoms with van der Waals surface area (Å²) in [4.78, 5) is 1.36. The molecular weight excluding hydrogens is 214 g/mol.